The Morgan fingerprint density at radius 3 is 1.92 bits per heavy atom. The van der Waals surface area contributed by atoms with Gasteiger partial charge in [0.2, 0.25) is 0 Å². The van der Waals surface area contributed by atoms with E-state index in [1.807, 2.05) is 58.0 Å². The average molecular weight is 346 g/mol. The normalized spacial score (nSPS) is 8.75. The summed E-state index contributed by atoms with van der Waals surface area (Å²) in [5, 5.41) is 0.318. The predicted octanol–water partition coefficient (Wildman–Crippen LogP) is 5.20. The fourth-order valence-electron chi connectivity index (χ4n) is 1.67. The first-order chi connectivity index (χ1) is 11.6. The molecule has 0 aliphatic rings. The van der Waals surface area contributed by atoms with Crippen molar-refractivity contribution >= 4 is 23.2 Å². The smallest absolute Gasteiger partial charge is 0.264 e. The van der Waals surface area contributed by atoms with E-state index in [4.69, 9.17) is 17.0 Å². The van der Waals surface area contributed by atoms with E-state index in [1.54, 1.807) is 43.3 Å². The molecular formula is C20H27NO2S. The Hall–Kier alpha value is -2.20. The van der Waals surface area contributed by atoms with Crippen LogP contribution in [-0.2, 0) is 0 Å². The molecule has 0 N–H and O–H groups in total. The van der Waals surface area contributed by atoms with E-state index in [9.17, 15) is 4.79 Å². The molecule has 0 atom stereocenters. The monoisotopic (exact) mass is 345 g/mol. The van der Waals surface area contributed by atoms with Gasteiger partial charge in [-0.3, -0.25) is 4.79 Å². The number of hydrogen-bond acceptors (Lipinski definition) is 3. The maximum atomic E-state index is 12.5. The fourth-order valence-corrected chi connectivity index (χ4v) is 1.76. The first kappa shape index (κ1) is 21.8. The third-order valence-corrected chi connectivity index (χ3v) is 3.18. The van der Waals surface area contributed by atoms with Crippen LogP contribution in [0, 0.1) is 0 Å². The maximum Gasteiger partial charge on any atom is 0.264 e. The third kappa shape index (κ3) is 6.50. The number of ketones is 1. The molecule has 0 aliphatic carbocycles. The van der Waals surface area contributed by atoms with Gasteiger partial charge in [-0.15, -0.1) is 0 Å². The van der Waals surface area contributed by atoms with Crippen molar-refractivity contribution in [1.29, 1.82) is 0 Å². The van der Waals surface area contributed by atoms with Crippen LogP contribution in [0.15, 0.2) is 54.6 Å². The summed E-state index contributed by atoms with van der Waals surface area (Å²) >= 11 is 5.12. The molecule has 3 nitrogen and oxygen atoms in total. The summed E-state index contributed by atoms with van der Waals surface area (Å²) in [6.07, 6.45) is 0. The Morgan fingerprint density at radius 1 is 0.875 bits per heavy atom. The molecule has 0 heterocycles. The van der Waals surface area contributed by atoms with Crippen LogP contribution >= 0.6 is 12.2 Å². The van der Waals surface area contributed by atoms with Crippen LogP contribution in [0.3, 0.4) is 0 Å². The molecule has 0 fully saturated rings. The lowest BCUT2D eigenvalue weighted by Crippen LogP contribution is -2.25. The molecule has 130 valence electrons. The van der Waals surface area contributed by atoms with Crippen molar-refractivity contribution in [2.24, 2.45) is 0 Å². The van der Waals surface area contributed by atoms with E-state index in [2.05, 4.69) is 0 Å². The quantitative estimate of drug-likeness (QED) is 0.565. The summed E-state index contributed by atoms with van der Waals surface area (Å²) in [5.41, 5.74) is 1.13. The minimum atomic E-state index is -0.0808. The highest BCUT2D eigenvalue weighted by Gasteiger charge is 2.15. The van der Waals surface area contributed by atoms with Gasteiger partial charge < -0.3 is 9.64 Å². The Labute approximate surface area is 151 Å². The molecule has 0 aliphatic heterocycles. The van der Waals surface area contributed by atoms with Gasteiger partial charge in [-0.1, -0.05) is 70.2 Å². The van der Waals surface area contributed by atoms with Gasteiger partial charge in [-0.25, -0.2) is 0 Å². The highest BCUT2D eigenvalue weighted by molar-refractivity contribution is 7.80. The van der Waals surface area contributed by atoms with E-state index >= 15 is 0 Å². The van der Waals surface area contributed by atoms with Crippen molar-refractivity contribution in [3.63, 3.8) is 0 Å². The number of rotatable bonds is 3. The van der Waals surface area contributed by atoms with Crippen LogP contribution in [0.5, 0.6) is 5.75 Å². The fraction of sp³-hybridized carbons (Fsp3) is 0.300. The van der Waals surface area contributed by atoms with Gasteiger partial charge in [0.25, 0.3) is 5.17 Å². The van der Waals surface area contributed by atoms with Crippen LogP contribution < -0.4 is 4.74 Å². The van der Waals surface area contributed by atoms with Gasteiger partial charge in [0.1, 0.15) is 5.75 Å². The minimum absolute atomic E-state index is 0.0808. The number of hydrogen-bond donors (Lipinski definition) is 0. The highest BCUT2D eigenvalue weighted by Crippen LogP contribution is 2.22. The second-order valence-corrected chi connectivity index (χ2v) is 4.80. The Balaban J connectivity index is 0.00000123. The van der Waals surface area contributed by atoms with Gasteiger partial charge in [-0.2, -0.15) is 0 Å². The van der Waals surface area contributed by atoms with Crippen LogP contribution in [0.25, 0.3) is 0 Å². The molecule has 2 rings (SSSR count). The van der Waals surface area contributed by atoms with Gasteiger partial charge in [0, 0.05) is 19.7 Å². The molecule has 0 unspecified atom stereocenters. The molecule has 4 heteroatoms. The summed E-state index contributed by atoms with van der Waals surface area (Å²) < 4.78 is 5.59. The summed E-state index contributed by atoms with van der Waals surface area (Å²) in [5.74, 6) is 0.391. The lowest BCUT2D eigenvalue weighted by molar-refractivity contribution is 0.103. The summed E-state index contributed by atoms with van der Waals surface area (Å²) in [4.78, 5) is 14.2. The summed E-state index contributed by atoms with van der Waals surface area (Å²) in [6.45, 7) is 8.00. The van der Waals surface area contributed by atoms with Crippen LogP contribution in [0.4, 0.5) is 0 Å². The topological polar surface area (TPSA) is 29.5 Å². The van der Waals surface area contributed by atoms with E-state index in [0.717, 1.165) is 0 Å². The molecule has 0 aromatic heterocycles. The van der Waals surface area contributed by atoms with E-state index in [-0.39, 0.29) is 5.78 Å². The number of thiocarbonyl (C=S) groups is 1. The van der Waals surface area contributed by atoms with Gasteiger partial charge in [-0.05, 0) is 24.4 Å². The minimum Gasteiger partial charge on any atom is -0.431 e. The van der Waals surface area contributed by atoms with Crippen molar-refractivity contribution in [1.82, 2.24) is 4.90 Å². The molecule has 0 spiro atoms. The van der Waals surface area contributed by atoms with Gasteiger partial charge >= 0.3 is 0 Å². The number of nitrogens with zero attached hydrogens (tertiary/aromatic N) is 1. The van der Waals surface area contributed by atoms with Crippen molar-refractivity contribution in [2.45, 2.75) is 27.7 Å². The number of benzene rings is 2. The number of ether oxygens (including phenoxy) is 1. The molecule has 2 aromatic carbocycles. The number of para-hydroxylation sites is 1. The van der Waals surface area contributed by atoms with Crippen molar-refractivity contribution < 1.29 is 9.53 Å². The molecule has 0 saturated carbocycles. The summed E-state index contributed by atoms with van der Waals surface area (Å²) in [7, 11) is 3.59. The van der Waals surface area contributed by atoms with Crippen LogP contribution in [0.1, 0.15) is 43.6 Å². The van der Waals surface area contributed by atoms with Crippen molar-refractivity contribution in [3.8, 4) is 5.75 Å². The lowest BCUT2D eigenvalue weighted by Gasteiger charge is -2.16. The van der Waals surface area contributed by atoms with Gasteiger partial charge in [0.05, 0.1) is 5.56 Å². The molecule has 0 radical (unpaired) electrons. The Morgan fingerprint density at radius 2 is 1.38 bits per heavy atom. The van der Waals surface area contributed by atoms with E-state index in [1.165, 1.54) is 0 Å². The second kappa shape index (κ2) is 12.3. The highest BCUT2D eigenvalue weighted by atomic mass is 32.1. The zero-order chi connectivity index (χ0) is 18.5. The third-order valence-electron chi connectivity index (χ3n) is 2.73. The standard InChI is InChI=1S/C16H15NO2S.2C2H6/c1-17(2)16(20)19-14-11-7-6-10-13(14)15(18)12-8-4-3-5-9-12;2*1-2/h3-11H,1-2H3;2*1-2H3. The number of carbonyl (C=O) groups excluding carboxylic acids is 1. The van der Waals surface area contributed by atoms with E-state index in [0.29, 0.717) is 22.1 Å². The van der Waals surface area contributed by atoms with Crippen molar-refractivity contribution in [3.05, 3.63) is 65.7 Å². The van der Waals surface area contributed by atoms with E-state index < -0.39 is 0 Å². The van der Waals surface area contributed by atoms with Gasteiger partial charge in [0.15, 0.2) is 5.78 Å². The zero-order valence-electron chi connectivity index (χ0n) is 15.4. The molecule has 0 saturated heterocycles. The predicted molar refractivity (Wildman–Crippen MR) is 106 cm³/mol. The maximum absolute atomic E-state index is 12.5. The average Bonchev–Trinajstić information content (AvgIpc) is 2.65. The van der Waals surface area contributed by atoms with Crippen LogP contribution in [0.2, 0.25) is 0 Å². The molecule has 0 amide bonds. The molecular weight excluding hydrogens is 318 g/mol. The lowest BCUT2D eigenvalue weighted by atomic mass is 10.0. The SMILES string of the molecule is CC.CC.CN(C)C(=S)Oc1ccccc1C(=O)c1ccccc1. The molecule has 0 bridgehead atoms. The largest absolute Gasteiger partial charge is 0.431 e. The van der Waals surface area contributed by atoms with Crippen molar-refractivity contribution in [2.75, 3.05) is 14.1 Å². The first-order valence-corrected chi connectivity index (χ1v) is 8.58. The second-order valence-electron chi connectivity index (χ2n) is 4.45. The first-order valence-electron chi connectivity index (χ1n) is 8.17. The summed E-state index contributed by atoms with van der Waals surface area (Å²) in [6, 6.07) is 16.2. The Bertz CT molecular complexity index is 625. The molecule has 24 heavy (non-hydrogen) atoms. The Kier molecular flexibility index (Phi) is 11.1. The van der Waals surface area contributed by atoms with Crippen LogP contribution in [-0.4, -0.2) is 30.0 Å². The number of carbonyl (C=O) groups is 1. The molecule has 2 aromatic rings. The zero-order valence-corrected chi connectivity index (χ0v) is 16.2.